The van der Waals surface area contributed by atoms with E-state index in [0.717, 1.165) is 6.42 Å². The first-order valence-corrected chi connectivity index (χ1v) is 7.52. The average Bonchev–Trinajstić information content (AvgIpc) is 2.45. The van der Waals surface area contributed by atoms with Crippen molar-refractivity contribution >= 4 is 35.6 Å². The number of halogens is 2. The van der Waals surface area contributed by atoms with E-state index in [9.17, 15) is 14.9 Å². The number of hydrogen-bond acceptors (Lipinski definition) is 4. The molecule has 0 aliphatic rings. The monoisotopic (exact) mass is 363 g/mol. The lowest BCUT2D eigenvalue weighted by Crippen LogP contribution is -2.35. The summed E-state index contributed by atoms with van der Waals surface area (Å²) in [5.74, 6) is 0.277. The van der Waals surface area contributed by atoms with E-state index in [-0.39, 0.29) is 41.5 Å². The van der Waals surface area contributed by atoms with Gasteiger partial charge in [0.05, 0.1) is 16.4 Å². The second kappa shape index (κ2) is 9.70. The minimum atomic E-state index is -0.517. The van der Waals surface area contributed by atoms with Gasteiger partial charge in [-0.25, -0.2) is 0 Å². The van der Waals surface area contributed by atoms with E-state index >= 15 is 0 Å². The molecule has 1 atom stereocenters. The molecule has 0 fully saturated rings. The molecule has 1 aromatic rings. The predicted octanol–water partition coefficient (Wildman–Crippen LogP) is 3.04. The third-order valence-corrected chi connectivity index (χ3v) is 4.02. The minimum absolute atomic E-state index is 0. The molecule has 0 heterocycles. The van der Waals surface area contributed by atoms with Gasteiger partial charge >= 0.3 is 0 Å². The molecule has 1 unspecified atom stereocenters. The van der Waals surface area contributed by atoms with Gasteiger partial charge in [0.2, 0.25) is 5.91 Å². The standard InChI is InChI=1S/C15H22ClN3O3.ClH/c1-10(2)14(17)6-7-18(3)15(20)8-11-4-5-12(19(21)22)9-13(11)16;/h4-5,9-10,14H,6-8,17H2,1-3H3;1H. The van der Waals surface area contributed by atoms with Crippen molar-refractivity contribution in [3.63, 3.8) is 0 Å². The highest BCUT2D eigenvalue weighted by Gasteiger charge is 2.16. The van der Waals surface area contributed by atoms with Crippen molar-refractivity contribution in [1.29, 1.82) is 0 Å². The van der Waals surface area contributed by atoms with Crippen molar-refractivity contribution in [1.82, 2.24) is 4.90 Å². The van der Waals surface area contributed by atoms with E-state index < -0.39 is 4.92 Å². The topological polar surface area (TPSA) is 89.5 Å². The number of nitro groups is 1. The third-order valence-electron chi connectivity index (χ3n) is 3.67. The van der Waals surface area contributed by atoms with E-state index in [1.807, 2.05) is 13.8 Å². The number of likely N-dealkylation sites (N-methyl/N-ethyl adjacent to an activating group) is 1. The Morgan fingerprint density at radius 2 is 2.04 bits per heavy atom. The van der Waals surface area contributed by atoms with Gasteiger partial charge in [-0.1, -0.05) is 31.5 Å². The molecule has 0 bridgehead atoms. The van der Waals surface area contributed by atoms with Gasteiger partial charge in [-0.3, -0.25) is 14.9 Å². The van der Waals surface area contributed by atoms with Gasteiger partial charge < -0.3 is 10.6 Å². The number of nitrogens with two attached hydrogens (primary N) is 1. The van der Waals surface area contributed by atoms with Crippen LogP contribution in [0.4, 0.5) is 5.69 Å². The highest BCUT2D eigenvalue weighted by molar-refractivity contribution is 6.31. The zero-order valence-electron chi connectivity index (χ0n) is 13.5. The molecule has 130 valence electrons. The lowest BCUT2D eigenvalue weighted by molar-refractivity contribution is -0.384. The number of amides is 1. The van der Waals surface area contributed by atoms with E-state index in [1.54, 1.807) is 11.9 Å². The minimum Gasteiger partial charge on any atom is -0.345 e. The van der Waals surface area contributed by atoms with Crippen LogP contribution < -0.4 is 5.73 Å². The molecule has 0 saturated heterocycles. The molecule has 0 radical (unpaired) electrons. The van der Waals surface area contributed by atoms with Crippen LogP contribution in [0, 0.1) is 16.0 Å². The van der Waals surface area contributed by atoms with Gasteiger partial charge in [-0.2, -0.15) is 0 Å². The van der Waals surface area contributed by atoms with Gasteiger partial charge in [0.25, 0.3) is 5.69 Å². The summed E-state index contributed by atoms with van der Waals surface area (Å²) in [4.78, 5) is 23.9. The van der Waals surface area contributed by atoms with E-state index in [2.05, 4.69) is 0 Å². The smallest absolute Gasteiger partial charge is 0.270 e. The van der Waals surface area contributed by atoms with Crippen LogP contribution in [0.3, 0.4) is 0 Å². The van der Waals surface area contributed by atoms with Gasteiger partial charge in [0.1, 0.15) is 0 Å². The molecule has 0 aromatic heterocycles. The SMILES string of the molecule is CC(C)C(N)CCN(C)C(=O)Cc1ccc([N+](=O)[O-])cc1Cl.Cl. The Morgan fingerprint density at radius 1 is 1.43 bits per heavy atom. The number of carbonyl (C=O) groups is 1. The molecular formula is C15H23Cl2N3O3. The van der Waals surface area contributed by atoms with Crippen LogP contribution in [0.1, 0.15) is 25.8 Å². The van der Waals surface area contributed by atoms with Crippen LogP contribution in [0.2, 0.25) is 5.02 Å². The number of benzene rings is 1. The second-order valence-corrected chi connectivity index (χ2v) is 6.13. The number of rotatable bonds is 7. The molecule has 0 spiro atoms. The van der Waals surface area contributed by atoms with Crippen molar-refractivity contribution in [2.24, 2.45) is 11.7 Å². The second-order valence-electron chi connectivity index (χ2n) is 5.72. The average molecular weight is 364 g/mol. The summed E-state index contributed by atoms with van der Waals surface area (Å²) >= 11 is 6.00. The quantitative estimate of drug-likeness (QED) is 0.595. The largest absolute Gasteiger partial charge is 0.345 e. The zero-order chi connectivity index (χ0) is 16.9. The zero-order valence-corrected chi connectivity index (χ0v) is 15.1. The highest BCUT2D eigenvalue weighted by Crippen LogP contribution is 2.23. The van der Waals surface area contributed by atoms with Crippen molar-refractivity contribution < 1.29 is 9.72 Å². The lowest BCUT2D eigenvalue weighted by atomic mass is 10.0. The Balaban J connectivity index is 0.00000484. The predicted molar refractivity (Wildman–Crippen MR) is 94.1 cm³/mol. The summed E-state index contributed by atoms with van der Waals surface area (Å²) in [7, 11) is 1.72. The highest BCUT2D eigenvalue weighted by atomic mass is 35.5. The summed E-state index contributed by atoms with van der Waals surface area (Å²) < 4.78 is 0. The van der Waals surface area contributed by atoms with Crippen molar-refractivity contribution in [2.75, 3.05) is 13.6 Å². The molecule has 1 amide bonds. The molecule has 23 heavy (non-hydrogen) atoms. The van der Waals surface area contributed by atoms with Crippen molar-refractivity contribution in [3.05, 3.63) is 38.9 Å². The number of nitro benzene ring substituents is 1. The van der Waals surface area contributed by atoms with Crippen LogP contribution in [0.15, 0.2) is 18.2 Å². The normalized spacial score (nSPS) is 11.7. The van der Waals surface area contributed by atoms with Crippen molar-refractivity contribution in [3.8, 4) is 0 Å². The lowest BCUT2D eigenvalue weighted by Gasteiger charge is -2.21. The summed E-state index contributed by atoms with van der Waals surface area (Å²) in [5, 5.41) is 10.9. The molecule has 1 aromatic carbocycles. The molecule has 1 rings (SSSR count). The van der Waals surface area contributed by atoms with Crippen molar-refractivity contribution in [2.45, 2.75) is 32.7 Å². The molecule has 0 aliphatic heterocycles. The van der Waals surface area contributed by atoms with Gasteiger partial charge in [-0.05, 0) is 17.9 Å². The van der Waals surface area contributed by atoms with Gasteiger partial charge in [0, 0.05) is 31.8 Å². The van der Waals surface area contributed by atoms with Crippen LogP contribution in [-0.2, 0) is 11.2 Å². The van der Waals surface area contributed by atoms with Gasteiger partial charge in [-0.15, -0.1) is 12.4 Å². The number of non-ortho nitro benzene ring substituents is 1. The first kappa shape index (κ1) is 21.6. The Morgan fingerprint density at radius 3 is 2.52 bits per heavy atom. The Labute approximate surface area is 147 Å². The van der Waals surface area contributed by atoms with E-state index in [1.165, 1.54) is 18.2 Å². The van der Waals surface area contributed by atoms with E-state index in [0.29, 0.717) is 18.0 Å². The molecule has 8 heteroatoms. The number of nitrogens with zero attached hydrogens (tertiary/aromatic N) is 2. The fourth-order valence-electron chi connectivity index (χ4n) is 1.89. The van der Waals surface area contributed by atoms with Gasteiger partial charge in [0.15, 0.2) is 0 Å². The van der Waals surface area contributed by atoms with E-state index in [4.69, 9.17) is 17.3 Å². The summed E-state index contributed by atoms with van der Waals surface area (Å²) in [5.41, 5.74) is 6.46. The number of carbonyl (C=O) groups excluding carboxylic acids is 1. The van der Waals surface area contributed by atoms with Crippen LogP contribution in [0.5, 0.6) is 0 Å². The van der Waals surface area contributed by atoms with Crippen LogP contribution in [0.25, 0.3) is 0 Å². The first-order chi connectivity index (χ1) is 10.2. The fraction of sp³-hybridized carbons (Fsp3) is 0.533. The third kappa shape index (κ3) is 6.72. The molecule has 0 saturated carbocycles. The summed E-state index contributed by atoms with van der Waals surface area (Å²) in [6.45, 7) is 4.66. The molecule has 2 N–H and O–H groups in total. The molecule has 6 nitrogen and oxygen atoms in total. The van der Waals surface area contributed by atoms with Crippen LogP contribution in [-0.4, -0.2) is 35.4 Å². The Kier molecular flexibility index (Phi) is 9.12. The molecule has 0 aliphatic carbocycles. The summed E-state index contributed by atoms with van der Waals surface area (Å²) in [6.07, 6.45) is 0.845. The summed E-state index contributed by atoms with van der Waals surface area (Å²) in [6, 6.07) is 4.19. The molecular weight excluding hydrogens is 341 g/mol. The number of hydrogen-bond donors (Lipinski definition) is 1. The first-order valence-electron chi connectivity index (χ1n) is 7.14. The Hall–Kier alpha value is -1.37. The maximum absolute atomic E-state index is 12.2. The maximum Gasteiger partial charge on any atom is 0.270 e. The Bertz CT molecular complexity index is 553. The fourth-order valence-corrected chi connectivity index (χ4v) is 2.13. The maximum atomic E-state index is 12.2. The van der Waals surface area contributed by atoms with Crippen LogP contribution >= 0.6 is 24.0 Å².